The van der Waals surface area contributed by atoms with E-state index in [9.17, 15) is 14.3 Å². The fourth-order valence-corrected chi connectivity index (χ4v) is 2.14. The second-order valence-corrected chi connectivity index (χ2v) is 4.93. The lowest BCUT2D eigenvalue weighted by atomic mass is 10.1. The predicted octanol–water partition coefficient (Wildman–Crippen LogP) is 3.46. The lowest BCUT2D eigenvalue weighted by Gasteiger charge is -2.11. The number of halogens is 1. The number of nitrogens with one attached hydrogen (secondary N) is 1. The van der Waals surface area contributed by atoms with Crippen LogP contribution in [0.2, 0.25) is 0 Å². The Kier molecular flexibility index (Phi) is 4.12. The molecule has 0 bridgehead atoms. The van der Waals surface area contributed by atoms with Crippen molar-refractivity contribution in [3.63, 3.8) is 0 Å². The third-order valence-corrected chi connectivity index (χ3v) is 3.25. The Labute approximate surface area is 121 Å². The van der Waals surface area contributed by atoms with E-state index < -0.39 is 11.8 Å². The lowest BCUT2D eigenvalue weighted by Crippen LogP contribution is -2.04. The average molecular weight is 289 g/mol. The number of phenolic OH excluding ortho intramolecular Hbond substituents is 1. The summed E-state index contributed by atoms with van der Waals surface area (Å²) in [5, 5.41) is 21.5. The minimum absolute atomic E-state index is 0.0250. The van der Waals surface area contributed by atoms with Crippen molar-refractivity contribution < 1.29 is 19.4 Å². The minimum Gasteiger partial charge on any atom is -0.507 e. The van der Waals surface area contributed by atoms with Gasteiger partial charge in [0.05, 0.1) is 11.3 Å². The summed E-state index contributed by atoms with van der Waals surface area (Å²) in [5.41, 5.74) is 2.52. The summed E-state index contributed by atoms with van der Waals surface area (Å²) in [6.45, 7) is 3.91. The molecule has 0 amide bonds. The van der Waals surface area contributed by atoms with Gasteiger partial charge in [0, 0.05) is 6.54 Å². The Bertz CT molecular complexity index is 675. The predicted molar refractivity (Wildman–Crippen MR) is 78.3 cm³/mol. The molecule has 0 spiro atoms. The summed E-state index contributed by atoms with van der Waals surface area (Å²) in [5.74, 6) is -1.36. The molecule has 0 aliphatic heterocycles. The normalized spacial score (nSPS) is 10.4. The molecule has 0 fully saturated rings. The summed E-state index contributed by atoms with van der Waals surface area (Å²) < 4.78 is 13.7. The number of aryl methyl sites for hydroxylation is 2. The van der Waals surface area contributed by atoms with Gasteiger partial charge in [0.25, 0.3) is 0 Å². The number of phenols is 1. The molecule has 0 atom stereocenters. The minimum atomic E-state index is -1.10. The first kappa shape index (κ1) is 14.8. The fourth-order valence-electron chi connectivity index (χ4n) is 2.14. The molecule has 2 aromatic rings. The number of rotatable bonds is 4. The first-order valence-corrected chi connectivity index (χ1v) is 6.44. The summed E-state index contributed by atoms with van der Waals surface area (Å²) in [6.07, 6.45) is 0. The van der Waals surface area contributed by atoms with Gasteiger partial charge in [0.2, 0.25) is 0 Å². The third-order valence-electron chi connectivity index (χ3n) is 3.25. The Morgan fingerprint density at radius 3 is 2.38 bits per heavy atom. The maximum absolute atomic E-state index is 13.7. The third kappa shape index (κ3) is 3.31. The molecule has 4 nitrogen and oxygen atoms in total. The molecule has 0 radical (unpaired) electrons. The van der Waals surface area contributed by atoms with Gasteiger partial charge in [-0.3, -0.25) is 0 Å². The number of hydrogen-bond donors (Lipinski definition) is 3. The van der Waals surface area contributed by atoms with Crippen molar-refractivity contribution in [1.82, 2.24) is 0 Å². The molecule has 0 aromatic heterocycles. The summed E-state index contributed by atoms with van der Waals surface area (Å²) in [4.78, 5) is 10.9. The molecule has 0 saturated carbocycles. The van der Waals surface area contributed by atoms with Crippen LogP contribution >= 0.6 is 0 Å². The van der Waals surface area contributed by atoms with Gasteiger partial charge in [-0.2, -0.15) is 0 Å². The quantitative estimate of drug-likeness (QED) is 0.806. The zero-order chi connectivity index (χ0) is 15.6. The average Bonchev–Trinajstić information content (AvgIpc) is 2.43. The second kappa shape index (κ2) is 5.83. The Morgan fingerprint density at radius 1 is 1.19 bits per heavy atom. The van der Waals surface area contributed by atoms with Crippen molar-refractivity contribution in [3.05, 3.63) is 58.4 Å². The van der Waals surface area contributed by atoms with Crippen LogP contribution in [0.3, 0.4) is 0 Å². The van der Waals surface area contributed by atoms with Gasteiger partial charge >= 0.3 is 5.97 Å². The van der Waals surface area contributed by atoms with E-state index in [4.69, 9.17) is 5.11 Å². The molecule has 2 aromatic carbocycles. The largest absolute Gasteiger partial charge is 0.507 e. The maximum Gasteiger partial charge on any atom is 0.335 e. The molecule has 5 heteroatoms. The van der Waals surface area contributed by atoms with E-state index >= 15 is 0 Å². The van der Waals surface area contributed by atoms with Gasteiger partial charge < -0.3 is 15.5 Å². The van der Waals surface area contributed by atoms with E-state index in [-0.39, 0.29) is 17.0 Å². The number of carboxylic acids is 1. The van der Waals surface area contributed by atoms with Crippen LogP contribution in [0.25, 0.3) is 0 Å². The van der Waals surface area contributed by atoms with Crippen LogP contribution in [0, 0.1) is 19.7 Å². The standard InChI is InChI=1S/C16H16FNO3/c1-9-5-11(6-10(2)15(9)19)8-18-14-7-12(16(20)21)3-4-13(14)17/h3-7,18-19H,8H2,1-2H3,(H,20,21). The lowest BCUT2D eigenvalue weighted by molar-refractivity contribution is 0.0697. The molecule has 3 N–H and O–H groups in total. The Balaban J connectivity index is 2.20. The molecule has 21 heavy (non-hydrogen) atoms. The number of aromatic carboxylic acids is 1. The molecular formula is C16H16FNO3. The number of aromatic hydroxyl groups is 1. The Morgan fingerprint density at radius 2 is 1.81 bits per heavy atom. The summed E-state index contributed by atoms with van der Waals surface area (Å²) in [7, 11) is 0. The highest BCUT2D eigenvalue weighted by Gasteiger charge is 2.09. The number of carboxylic acid groups (broad SMARTS) is 1. The first-order valence-electron chi connectivity index (χ1n) is 6.44. The zero-order valence-corrected chi connectivity index (χ0v) is 11.8. The molecule has 2 rings (SSSR count). The number of benzene rings is 2. The number of carbonyl (C=O) groups is 1. The molecular weight excluding hydrogens is 273 g/mol. The van der Waals surface area contributed by atoms with Gasteiger partial charge in [0.15, 0.2) is 0 Å². The molecule has 0 unspecified atom stereocenters. The monoisotopic (exact) mass is 289 g/mol. The smallest absolute Gasteiger partial charge is 0.335 e. The molecule has 0 saturated heterocycles. The molecule has 0 aliphatic rings. The van der Waals surface area contributed by atoms with Crippen molar-refractivity contribution >= 4 is 11.7 Å². The van der Waals surface area contributed by atoms with Gasteiger partial charge in [-0.1, -0.05) is 12.1 Å². The maximum atomic E-state index is 13.7. The molecule has 110 valence electrons. The SMILES string of the molecule is Cc1cc(CNc2cc(C(=O)O)ccc2F)cc(C)c1O. The van der Waals surface area contributed by atoms with Crippen molar-refractivity contribution in [2.24, 2.45) is 0 Å². The van der Waals surface area contributed by atoms with Gasteiger partial charge in [-0.15, -0.1) is 0 Å². The van der Waals surface area contributed by atoms with Crippen molar-refractivity contribution in [2.45, 2.75) is 20.4 Å². The van der Waals surface area contributed by atoms with Crippen molar-refractivity contribution in [3.8, 4) is 5.75 Å². The van der Waals surface area contributed by atoms with Crippen molar-refractivity contribution in [1.29, 1.82) is 0 Å². The van der Waals surface area contributed by atoms with E-state index in [1.54, 1.807) is 26.0 Å². The van der Waals surface area contributed by atoms with E-state index in [1.165, 1.54) is 12.1 Å². The van der Waals surface area contributed by atoms with Crippen LogP contribution in [0.5, 0.6) is 5.75 Å². The summed E-state index contributed by atoms with van der Waals surface area (Å²) in [6, 6.07) is 7.21. The highest BCUT2D eigenvalue weighted by atomic mass is 19.1. The molecule has 0 aliphatic carbocycles. The van der Waals surface area contributed by atoms with E-state index in [0.717, 1.165) is 22.8 Å². The second-order valence-electron chi connectivity index (χ2n) is 4.93. The highest BCUT2D eigenvalue weighted by molar-refractivity contribution is 5.88. The van der Waals surface area contributed by atoms with Crippen LogP contribution in [-0.4, -0.2) is 16.2 Å². The van der Waals surface area contributed by atoms with Gasteiger partial charge in [-0.25, -0.2) is 9.18 Å². The fraction of sp³-hybridized carbons (Fsp3) is 0.188. The Hall–Kier alpha value is -2.56. The van der Waals surface area contributed by atoms with Crippen LogP contribution in [0.1, 0.15) is 27.0 Å². The topological polar surface area (TPSA) is 69.6 Å². The summed E-state index contributed by atoms with van der Waals surface area (Å²) >= 11 is 0. The molecule has 0 heterocycles. The van der Waals surface area contributed by atoms with Crippen molar-refractivity contribution in [2.75, 3.05) is 5.32 Å². The van der Waals surface area contributed by atoms with Crippen LogP contribution < -0.4 is 5.32 Å². The van der Waals surface area contributed by atoms with Crippen LogP contribution in [0.4, 0.5) is 10.1 Å². The van der Waals surface area contributed by atoms with E-state index in [2.05, 4.69) is 5.32 Å². The highest BCUT2D eigenvalue weighted by Crippen LogP contribution is 2.24. The first-order chi connectivity index (χ1) is 9.88. The zero-order valence-electron chi connectivity index (χ0n) is 11.8. The van der Waals surface area contributed by atoms with E-state index in [0.29, 0.717) is 6.54 Å². The van der Waals surface area contributed by atoms with Crippen LogP contribution in [0.15, 0.2) is 30.3 Å². The van der Waals surface area contributed by atoms with Gasteiger partial charge in [0.1, 0.15) is 11.6 Å². The number of anilines is 1. The van der Waals surface area contributed by atoms with Gasteiger partial charge in [-0.05, 0) is 48.7 Å². The van der Waals surface area contributed by atoms with E-state index in [1.807, 2.05) is 0 Å². The number of hydrogen-bond acceptors (Lipinski definition) is 3. The van der Waals surface area contributed by atoms with Crippen LogP contribution in [-0.2, 0) is 6.54 Å².